The standard InChI is InChI=1S/C15H10FN3O4S/c16-14-11(4-3-10-2-1-7-17-8-10)5-6-12(20)15(14)19-9-13(21)18-24(19,22)23/h1-2,5-8,20H,9H2,(H,18,21). The average Bonchev–Trinajstić information content (AvgIpc) is 2.80. The molecule has 1 saturated heterocycles. The third-order valence-electron chi connectivity index (χ3n) is 3.17. The first-order chi connectivity index (χ1) is 11.4. The van der Waals surface area contributed by atoms with E-state index in [0.29, 0.717) is 9.87 Å². The second-order valence-corrected chi connectivity index (χ2v) is 6.42. The van der Waals surface area contributed by atoms with E-state index in [9.17, 15) is 22.7 Å². The first-order valence-corrected chi connectivity index (χ1v) is 8.09. The number of pyridine rings is 1. The van der Waals surface area contributed by atoms with E-state index in [1.807, 2.05) is 0 Å². The number of hydrogen-bond acceptors (Lipinski definition) is 5. The van der Waals surface area contributed by atoms with Gasteiger partial charge in [-0.15, -0.1) is 0 Å². The summed E-state index contributed by atoms with van der Waals surface area (Å²) in [6.07, 6.45) is 3.05. The highest BCUT2D eigenvalue weighted by Crippen LogP contribution is 2.34. The number of carbonyl (C=O) groups is 1. The van der Waals surface area contributed by atoms with Gasteiger partial charge in [-0.3, -0.25) is 9.78 Å². The molecule has 7 nitrogen and oxygen atoms in total. The lowest BCUT2D eigenvalue weighted by Gasteiger charge is -2.17. The van der Waals surface area contributed by atoms with Crippen molar-refractivity contribution in [3.8, 4) is 17.6 Å². The summed E-state index contributed by atoms with van der Waals surface area (Å²) >= 11 is 0. The summed E-state index contributed by atoms with van der Waals surface area (Å²) in [5, 5.41) is 9.84. The van der Waals surface area contributed by atoms with Crippen molar-refractivity contribution in [3.63, 3.8) is 0 Å². The summed E-state index contributed by atoms with van der Waals surface area (Å²) in [5.74, 6) is 2.77. The van der Waals surface area contributed by atoms with Crippen LogP contribution in [-0.4, -0.2) is 31.0 Å². The van der Waals surface area contributed by atoms with Gasteiger partial charge in [0.25, 0.3) is 5.91 Å². The van der Waals surface area contributed by atoms with Crippen molar-refractivity contribution < 1.29 is 22.7 Å². The number of halogens is 1. The largest absolute Gasteiger partial charge is 0.506 e. The van der Waals surface area contributed by atoms with Crippen LogP contribution in [0.3, 0.4) is 0 Å². The molecule has 9 heteroatoms. The summed E-state index contributed by atoms with van der Waals surface area (Å²) < 4.78 is 40.5. The van der Waals surface area contributed by atoms with Gasteiger partial charge in [0.05, 0.1) is 5.56 Å². The van der Waals surface area contributed by atoms with Crippen LogP contribution in [0.4, 0.5) is 10.1 Å². The van der Waals surface area contributed by atoms with Crippen LogP contribution in [0.2, 0.25) is 0 Å². The molecule has 1 aromatic heterocycles. The van der Waals surface area contributed by atoms with Crippen LogP contribution in [0.25, 0.3) is 0 Å². The lowest BCUT2D eigenvalue weighted by Crippen LogP contribution is -2.30. The molecule has 1 fully saturated rings. The van der Waals surface area contributed by atoms with Crippen LogP contribution in [0, 0.1) is 17.7 Å². The zero-order valence-electron chi connectivity index (χ0n) is 12.0. The molecular weight excluding hydrogens is 337 g/mol. The second kappa shape index (κ2) is 5.82. The highest BCUT2D eigenvalue weighted by Gasteiger charge is 2.37. The fourth-order valence-corrected chi connectivity index (χ4v) is 3.27. The normalized spacial score (nSPS) is 15.5. The van der Waals surface area contributed by atoms with E-state index in [-0.39, 0.29) is 5.56 Å². The van der Waals surface area contributed by atoms with E-state index in [1.54, 1.807) is 23.1 Å². The molecule has 1 aromatic carbocycles. The highest BCUT2D eigenvalue weighted by atomic mass is 32.2. The zero-order chi connectivity index (χ0) is 17.3. The number of aromatic hydroxyl groups is 1. The van der Waals surface area contributed by atoms with E-state index < -0.39 is 39.9 Å². The molecule has 0 radical (unpaired) electrons. The topological polar surface area (TPSA) is 99.6 Å². The maximum Gasteiger partial charge on any atom is 0.326 e. The van der Waals surface area contributed by atoms with Crippen LogP contribution >= 0.6 is 0 Å². The molecule has 24 heavy (non-hydrogen) atoms. The number of carbonyl (C=O) groups excluding carboxylic acids is 1. The van der Waals surface area contributed by atoms with Crippen LogP contribution in [0.15, 0.2) is 36.7 Å². The lowest BCUT2D eigenvalue weighted by atomic mass is 10.1. The Hall–Kier alpha value is -3.12. The molecule has 1 amide bonds. The fraction of sp³-hybridized carbons (Fsp3) is 0.0667. The number of benzene rings is 1. The molecule has 2 heterocycles. The predicted molar refractivity (Wildman–Crippen MR) is 82.7 cm³/mol. The first kappa shape index (κ1) is 15.8. The Bertz CT molecular complexity index is 981. The smallest absolute Gasteiger partial charge is 0.326 e. The first-order valence-electron chi connectivity index (χ1n) is 6.65. The summed E-state index contributed by atoms with van der Waals surface area (Å²) in [6, 6.07) is 5.67. The van der Waals surface area contributed by atoms with Crippen molar-refractivity contribution in [1.29, 1.82) is 0 Å². The Kier molecular flexibility index (Phi) is 3.83. The Morgan fingerprint density at radius 2 is 2.08 bits per heavy atom. The average molecular weight is 347 g/mol. The Morgan fingerprint density at radius 1 is 1.29 bits per heavy atom. The minimum absolute atomic E-state index is 0.124. The maximum atomic E-state index is 14.6. The van der Waals surface area contributed by atoms with Crippen molar-refractivity contribution >= 4 is 21.8 Å². The number of hydrogen-bond donors (Lipinski definition) is 2. The van der Waals surface area contributed by atoms with E-state index in [0.717, 1.165) is 6.07 Å². The second-order valence-electron chi connectivity index (χ2n) is 4.82. The molecule has 122 valence electrons. The van der Waals surface area contributed by atoms with Gasteiger partial charge in [-0.05, 0) is 24.3 Å². The number of nitrogens with zero attached hydrogens (tertiary/aromatic N) is 2. The Balaban J connectivity index is 2.07. The van der Waals surface area contributed by atoms with Gasteiger partial charge >= 0.3 is 10.2 Å². The van der Waals surface area contributed by atoms with E-state index in [4.69, 9.17) is 0 Å². The number of aromatic nitrogens is 1. The third kappa shape index (κ3) is 2.87. The van der Waals surface area contributed by atoms with Gasteiger partial charge in [0.1, 0.15) is 18.0 Å². The monoisotopic (exact) mass is 347 g/mol. The predicted octanol–water partition coefficient (Wildman–Crippen LogP) is 0.507. The molecule has 0 saturated carbocycles. The number of rotatable bonds is 1. The molecule has 1 aliphatic rings. The molecule has 2 aromatic rings. The zero-order valence-corrected chi connectivity index (χ0v) is 12.8. The number of anilines is 1. The van der Waals surface area contributed by atoms with Crippen LogP contribution in [0.1, 0.15) is 11.1 Å². The van der Waals surface area contributed by atoms with Gasteiger partial charge in [-0.25, -0.2) is 13.4 Å². The Labute approximate surface area is 136 Å². The molecule has 0 unspecified atom stereocenters. The van der Waals surface area contributed by atoms with Crippen LogP contribution in [-0.2, 0) is 15.0 Å². The summed E-state index contributed by atoms with van der Waals surface area (Å²) in [4.78, 5) is 15.2. The number of phenolic OH excluding ortho intramolecular Hbond substituents is 1. The molecular formula is C15H10FN3O4S. The van der Waals surface area contributed by atoms with Crippen molar-refractivity contribution in [1.82, 2.24) is 9.71 Å². The highest BCUT2D eigenvalue weighted by molar-refractivity contribution is 7.92. The van der Waals surface area contributed by atoms with Crippen molar-refractivity contribution in [2.24, 2.45) is 0 Å². The maximum absolute atomic E-state index is 14.6. The summed E-state index contributed by atoms with van der Waals surface area (Å²) in [5.41, 5.74) is -0.204. The van der Waals surface area contributed by atoms with Gasteiger partial charge in [0.15, 0.2) is 5.82 Å². The van der Waals surface area contributed by atoms with E-state index in [1.165, 1.54) is 12.3 Å². The van der Waals surface area contributed by atoms with Gasteiger partial charge < -0.3 is 5.11 Å². The molecule has 0 atom stereocenters. The summed E-state index contributed by atoms with van der Waals surface area (Å²) in [7, 11) is -4.24. The van der Waals surface area contributed by atoms with Gasteiger partial charge in [-0.1, -0.05) is 11.8 Å². The molecule has 0 aliphatic carbocycles. The Morgan fingerprint density at radius 3 is 2.71 bits per heavy atom. The fourth-order valence-electron chi connectivity index (χ4n) is 2.11. The van der Waals surface area contributed by atoms with Crippen molar-refractivity contribution in [2.75, 3.05) is 10.8 Å². The number of amides is 1. The van der Waals surface area contributed by atoms with E-state index >= 15 is 0 Å². The molecule has 2 N–H and O–H groups in total. The SMILES string of the molecule is O=C1CN(c2c(O)ccc(C#Cc3cccnc3)c2F)S(=O)(=O)N1. The van der Waals surface area contributed by atoms with Crippen molar-refractivity contribution in [2.45, 2.75) is 0 Å². The van der Waals surface area contributed by atoms with Crippen LogP contribution < -0.4 is 9.03 Å². The van der Waals surface area contributed by atoms with Crippen molar-refractivity contribution in [3.05, 3.63) is 53.6 Å². The minimum atomic E-state index is -4.24. The van der Waals surface area contributed by atoms with Gasteiger partial charge in [-0.2, -0.15) is 8.42 Å². The quantitative estimate of drug-likeness (QED) is 0.732. The summed E-state index contributed by atoms with van der Waals surface area (Å²) in [6.45, 7) is -0.619. The number of nitrogens with one attached hydrogen (secondary N) is 1. The van der Waals surface area contributed by atoms with Gasteiger partial charge in [0.2, 0.25) is 0 Å². The van der Waals surface area contributed by atoms with Crippen LogP contribution in [0.5, 0.6) is 5.75 Å². The molecule has 0 spiro atoms. The molecule has 1 aliphatic heterocycles. The third-order valence-corrected chi connectivity index (χ3v) is 4.55. The minimum Gasteiger partial charge on any atom is -0.506 e. The van der Waals surface area contributed by atoms with Gasteiger partial charge in [0, 0.05) is 18.0 Å². The molecule has 3 rings (SSSR count). The lowest BCUT2D eigenvalue weighted by molar-refractivity contribution is -0.117. The molecule has 0 bridgehead atoms. The number of phenols is 1. The van der Waals surface area contributed by atoms with E-state index in [2.05, 4.69) is 16.8 Å².